The van der Waals surface area contributed by atoms with Crippen LogP contribution in [0.3, 0.4) is 0 Å². The van der Waals surface area contributed by atoms with Crippen LogP contribution in [0.5, 0.6) is 0 Å². The highest BCUT2D eigenvalue weighted by molar-refractivity contribution is 6.41. The molecule has 1 unspecified atom stereocenters. The van der Waals surface area contributed by atoms with Crippen LogP contribution in [0.15, 0.2) is 0 Å². The van der Waals surface area contributed by atoms with E-state index in [0.717, 1.165) is 0 Å². The summed E-state index contributed by atoms with van der Waals surface area (Å²) in [5.74, 6) is -0.0473. The van der Waals surface area contributed by atoms with Crippen molar-refractivity contribution in [3.05, 3.63) is 15.9 Å². The number of nitrogens with zero attached hydrogens (tertiary/aromatic N) is 3. The molecule has 0 aliphatic rings. The Balaban J connectivity index is 3.06. The van der Waals surface area contributed by atoms with Crippen LogP contribution in [0, 0.1) is 6.92 Å². The van der Waals surface area contributed by atoms with Gasteiger partial charge in [0, 0.05) is 14.1 Å². The number of halogens is 2. The molecule has 0 fully saturated rings. The van der Waals surface area contributed by atoms with Gasteiger partial charge in [-0.15, -0.1) is 0 Å². The fourth-order valence-corrected chi connectivity index (χ4v) is 1.66. The number of hydrogen-bond acceptors (Lipinski definition) is 2. The summed E-state index contributed by atoms with van der Waals surface area (Å²) in [5.41, 5.74) is 0.698. The second kappa shape index (κ2) is 4.41. The SMILES string of the molecule is Cc1c(Cl)c(Cl)nn1C(C)C(=O)N(C)C. The number of amides is 1. The molecule has 0 aliphatic heterocycles. The molecular formula is C9H13Cl2N3O. The third-order valence-corrected chi connectivity index (χ3v) is 3.02. The van der Waals surface area contributed by atoms with Gasteiger partial charge in [-0.05, 0) is 13.8 Å². The topological polar surface area (TPSA) is 38.1 Å². The summed E-state index contributed by atoms with van der Waals surface area (Å²) in [6.07, 6.45) is 0. The Kier molecular flexibility index (Phi) is 3.62. The molecule has 6 heteroatoms. The van der Waals surface area contributed by atoms with E-state index < -0.39 is 6.04 Å². The maximum absolute atomic E-state index is 11.7. The van der Waals surface area contributed by atoms with E-state index in [1.54, 1.807) is 27.9 Å². The number of rotatable bonds is 2. The zero-order chi connectivity index (χ0) is 11.7. The van der Waals surface area contributed by atoms with Gasteiger partial charge in [-0.25, -0.2) is 0 Å². The van der Waals surface area contributed by atoms with E-state index in [0.29, 0.717) is 10.7 Å². The molecule has 0 aromatic carbocycles. The fraction of sp³-hybridized carbons (Fsp3) is 0.556. The molecule has 0 N–H and O–H groups in total. The Morgan fingerprint density at radius 2 is 2.00 bits per heavy atom. The molecule has 4 nitrogen and oxygen atoms in total. The van der Waals surface area contributed by atoms with Gasteiger partial charge in [0.25, 0.3) is 0 Å². The Hall–Kier alpha value is -0.740. The lowest BCUT2D eigenvalue weighted by Crippen LogP contribution is -2.30. The van der Waals surface area contributed by atoms with Crippen LogP contribution in [0.4, 0.5) is 0 Å². The quantitative estimate of drug-likeness (QED) is 0.806. The van der Waals surface area contributed by atoms with Gasteiger partial charge in [0.15, 0.2) is 5.15 Å². The summed E-state index contributed by atoms with van der Waals surface area (Å²) in [7, 11) is 3.39. The maximum Gasteiger partial charge on any atom is 0.246 e. The highest BCUT2D eigenvalue weighted by Crippen LogP contribution is 2.26. The van der Waals surface area contributed by atoms with Crippen molar-refractivity contribution in [3.8, 4) is 0 Å². The van der Waals surface area contributed by atoms with E-state index in [1.165, 1.54) is 9.58 Å². The van der Waals surface area contributed by atoms with Crippen LogP contribution >= 0.6 is 23.2 Å². The monoisotopic (exact) mass is 249 g/mol. The summed E-state index contributed by atoms with van der Waals surface area (Å²) < 4.78 is 1.53. The van der Waals surface area contributed by atoms with Crippen molar-refractivity contribution in [1.29, 1.82) is 0 Å². The number of aromatic nitrogens is 2. The van der Waals surface area contributed by atoms with Crippen LogP contribution in [0.2, 0.25) is 10.2 Å². The van der Waals surface area contributed by atoms with Crippen molar-refractivity contribution in [2.24, 2.45) is 0 Å². The first kappa shape index (κ1) is 12.3. The van der Waals surface area contributed by atoms with E-state index in [9.17, 15) is 4.79 Å². The summed E-state index contributed by atoms with van der Waals surface area (Å²) in [6.45, 7) is 3.54. The summed E-state index contributed by atoms with van der Waals surface area (Å²) >= 11 is 11.7. The molecule has 0 spiro atoms. The second-order valence-electron chi connectivity index (χ2n) is 3.54. The van der Waals surface area contributed by atoms with E-state index in [1.807, 2.05) is 0 Å². The highest BCUT2D eigenvalue weighted by Gasteiger charge is 2.22. The molecule has 0 saturated heterocycles. The first-order valence-electron chi connectivity index (χ1n) is 4.47. The first-order chi connectivity index (χ1) is 6.86. The Morgan fingerprint density at radius 1 is 1.47 bits per heavy atom. The van der Waals surface area contributed by atoms with Crippen molar-refractivity contribution in [1.82, 2.24) is 14.7 Å². The lowest BCUT2D eigenvalue weighted by Gasteiger charge is -2.18. The normalized spacial score (nSPS) is 12.7. The molecular weight excluding hydrogens is 237 g/mol. The lowest BCUT2D eigenvalue weighted by molar-refractivity contribution is -0.132. The number of carbonyl (C=O) groups is 1. The van der Waals surface area contributed by atoms with E-state index in [2.05, 4.69) is 5.10 Å². The highest BCUT2D eigenvalue weighted by atomic mass is 35.5. The van der Waals surface area contributed by atoms with E-state index in [4.69, 9.17) is 23.2 Å². The first-order valence-corrected chi connectivity index (χ1v) is 5.23. The molecule has 15 heavy (non-hydrogen) atoms. The van der Waals surface area contributed by atoms with Crippen LogP contribution in [0.1, 0.15) is 18.7 Å². The summed E-state index contributed by atoms with van der Waals surface area (Å²) in [6, 6.07) is -0.398. The molecule has 0 bridgehead atoms. The average Bonchev–Trinajstić information content (AvgIpc) is 2.43. The van der Waals surface area contributed by atoms with Crippen LogP contribution < -0.4 is 0 Å². The molecule has 1 amide bonds. The lowest BCUT2D eigenvalue weighted by atomic mass is 10.3. The van der Waals surface area contributed by atoms with Gasteiger partial charge in [0.2, 0.25) is 5.91 Å². The fourth-order valence-electron chi connectivity index (χ4n) is 1.32. The minimum absolute atomic E-state index is 0.0473. The van der Waals surface area contributed by atoms with Crippen LogP contribution in [-0.4, -0.2) is 34.7 Å². The van der Waals surface area contributed by atoms with Crippen LogP contribution in [0.25, 0.3) is 0 Å². The van der Waals surface area contributed by atoms with Gasteiger partial charge >= 0.3 is 0 Å². The number of hydrogen-bond donors (Lipinski definition) is 0. The van der Waals surface area contributed by atoms with E-state index >= 15 is 0 Å². The summed E-state index contributed by atoms with van der Waals surface area (Å²) in [4.78, 5) is 13.2. The molecule has 0 aliphatic carbocycles. The standard InChI is InChI=1S/C9H13Cl2N3O/c1-5-7(10)8(11)12-14(5)6(2)9(15)13(3)4/h6H,1-4H3. The molecule has 1 rings (SSSR count). The molecule has 1 aromatic rings. The van der Waals surface area contributed by atoms with Gasteiger partial charge in [0.1, 0.15) is 11.1 Å². The molecule has 84 valence electrons. The predicted molar refractivity (Wildman–Crippen MR) is 60.4 cm³/mol. The molecule has 0 radical (unpaired) electrons. The van der Waals surface area contributed by atoms with Crippen molar-refractivity contribution in [2.75, 3.05) is 14.1 Å². The predicted octanol–water partition coefficient (Wildman–Crippen LogP) is 2.15. The number of likely N-dealkylation sites (N-methyl/N-ethyl adjacent to an activating group) is 1. The Morgan fingerprint density at radius 3 is 2.33 bits per heavy atom. The smallest absolute Gasteiger partial charge is 0.246 e. The largest absolute Gasteiger partial charge is 0.347 e. The molecule has 1 aromatic heterocycles. The third-order valence-electron chi connectivity index (χ3n) is 2.20. The van der Waals surface area contributed by atoms with Gasteiger partial charge in [-0.1, -0.05) is 23.2 Å². The average molecular weight is 250 g/mol. The van der Waals surface area contributed by atoms with Crippen molar-refractivity contribution < 1.29 is 4.79 Å². The van der Waals surface area contributed by atoms with Crippen LogP contribution in [-0.2, 0) is 4.79 Å². The minimum Gasteiger partial charge on any atom is -0.347 e. The number of carbonyl (C=O) groups excluding carboxylic acids is 1. The third kappa shape index (κ3) is 2.26. The van der Waals surface area contributed by atoms with Crippen molar-refractivity contribution in [2.45, 2.75) is 19.9 Å². The van der Waals surface area contributed by atoms with Gasteiger partial charge in [-0.2, -0.15) is 5.10 Å². The summed E-state index contributed by atoms with van der Waals surface area (Å²) in [5, 5.41) is 4.64. The van der Waals surface area contributed by atoms with E-state index in [-0.39, 0.29) is 11.1 Å². The van der Waals surface area contributed by atoms with Crippen molar-refractivity contribution in [3.63, 3.8) is 0 Å². The molecule has 0 saturated carbocycles. The molecule has 1 heterocycles. The second-order valence-corrected chi connectivity index (χ2v) is 4.28. The minimum atomic E-state index is -0.398. The Bertz CT molecular complexity index is 387. The maximum atomic E-state index is 11.7. The molecule has 1 atom stereocenters. The zero-order valence-corrected chi connectivity index (χ0v) is 10.6. The Labute approximate surface area is 98.8 Å². The van der Waals surface area contributed by atoms with Gasteiger partial charge < -0.3 is 4.90 Å². The van der Waals surface area contributed by atoms with Gasteiger partial charge in [-0.3, -0.25) is 9.48 Å². The zero-order valence-electron chi connectivity index (χ0n) is 9.08. The van der Waals surface area contributed by atoms with Crippen molar-refractivity contribution >= 4 is 29.1 Å². The van der Waals surface area contributed by atoms with Gasteiger partial charge in [0.05, 0.1) is 5.69 Å².